The van der Waals surface area contributed by atoms with Crippen LogP contribution in [-0.2, 0) is 14.3 Å². The van der Waals surface area contributed by atoms with E-state index in [1.165, 1.54) is 17.0 Å². The Bertz CT molecular complexity index is 1400. The molecule has 212 valence electrons. The third-order valence-electron chi connectivity index (χ3n) is 7.84. The van der Waals surface area contributed by atoms with Crippen molar-refractivity contribution in [2.45, 2.75) is 25.9 Å². The Balaban J connectivity index is 1.68. The lowest BCUT2D eigenvalue weighted by Gasteiger charge is -2.45. The van der Waals surface area contributed by atoms with Gasteiger partial charge in [0, 0.05) is 61.5 Å². The van der Waals surface area contributed by atoms with Gasteiger partial charge in [0.05, 0.1) is 29.3 Å². The quantitative estimate of drug-likeness (QED) is 0.238. The van der Waals surface area contributed by atoms with Gasteiger partial charge in [0.1, 0.15) is 24.1 Å². The van der Waals surface area contributed by atoms with Crippen LogP contribution in [0.25, 0.3) is 11.1 Å². The summed E-state index contributed by atoms with van der Waals surface area (Å²) in [6.45, 7) is 9.78. The third kappa shape index (κ3) is 4.73. The summed E-state index contributed by atoms with van der Waals surface area (Å²) in [5.74, 6) is -0.917. The average molecular weight is 573 g/mol. The lowest BCUT2D eigenvalue weighted by molar-refractivity contribution is -0.130. The van der Waals surface area contributed by atoms with Crippen molar-refractivity contribution in [2.75, 3.05) is 51.4 Å². The third-order valence-corrected chi connectivity index (χ3v) is 8.13. The number of benzene rings is 2. The van der Waals surface area contributed by atoms with Crippen molar-refractivity contribution < 1.29 is 27.8 Å². The molecular formula is C29H31ClF2N4O4. The molecule has 0 N–H and O–H groups in total. The van der Waals surface area contributed by atoms with Crippen molar-refractivity contribution in [1.82, 2.24) is 9.80 Å². The maximum atomic E-state index is 15.1. The first-order valence-electron chi connectivity index (χ1n) is 13.0. The predicted molar refractivity (Wildman–Crippen MR) is 149 cm³/mol. The van der Waals surface area contributed by atoms with Crippen molar-refractivity contribution >= 4 is 35.4 Å². The van der Waals surface area contributed by atoms with Crippen LogP contribution in [-0.4, -0.2) is 86.5 Å². The number of nitrogens with zero attached hydrogens (tertiary/aromatic N) is 4. The zero-order valence-corrected chi connectivity index (χ0v) is 23.4. The van der Waals surface area contributed by atoms with Gasteiger partial charge in [-0.2, -0.15) is 0 Å². The number of amides is 2. The van der Waals surface area contributed by atoms with E-state index in [9.17, 15) is 14.0 Å². The lowest BCUT2D eigenvalue weighted by atomic mass is 9.86. The number of carbonyl (C=O) groups is 2. The first-order valence-corrected chi connectivity index (χ1v) is 13.4. The van der Waals surface area contributed by atoms with Gasteiger partial charge in [-0.1, -0.05) is 18.2 Å². The fourth-order valence-electron chi connectivity index (χ4n) is 5.77. The van der Waals surface area contributed by atoms with Crippen LogP contribution in [0.4, 0.5) is 14.5 Å². The second-order valence-electron chi connectivity index (χ2n) is 10.7. The van der Waals surface area contributed by atoms with Gasteiger partial charge in [0.2, 0.25) is 12.3 Å². The Labute approximate surface area is 236 Å². The van der Waals surface area contributed by atoms with Gasteiger partial charge in [0.15, 0.2) is 5.75 Å². The van der Waals surface area contributed by atoms with Gasteiger partial charge in [-0.3, -0.25) is 14.6 Å². The molecule has 3 aliphatic rings. The molecule has 0 unspecified atom stereocenters. The molecule has 2 amide bonds. The Morgan fingerprint density at radius 1 is 1.15 bits per heavy atom. The Hall–Kier alpha value is -3.50. The second kappa shape index (κ2) is 10.8. The van der Waals surface area contributed by atoms with E-state index in [-0.39, 0.29) is 46.5 Å². The monoisotopic (exact) mass is 572 g/mol. The van der Waals surface area contributed by atoms with Crippen molar-refractivity contribution in [3.8, 4) is 16.9 Å². The van der Waals surface area contributed by atoms with Crippen molar-refractivity contribution in [1.29, 1.82) is 0 Å². The molecule has 2 aromatic carbocycles. The molecule has 2 aromatic rings. The molecule has 0 saturated carbocycles. The van der Waals surface area contributed by atoms with Crippen LogP contribution in [0, 0.1) is 17.0 Å². The average Bonchev–Trinajstić information content (AvgIpc) is 3.09. The highest BCUT2D eigenvalue weighted by Gasteiger charge is 2.46. The van der Waals surface area contributed by atoms with E-state index in [1.54, 1.807) is 18.0 Å². The van der Waals surface area contributed by atoms with Gasteiger partial charge >= 0.3 is 0 Å². The van der Waals surface area contributed by atoms with Gasteiger partial charge in [-0.05, 0) is 38.1 Å². The second-order valence-corrected chi connectivity index (χ2v) is 11.1. The number of halogens is 3. The number of rotatable bonds is 4. The standard InChI is InChI=1S/C29H31ClF2N4O4/c1-5-24(38)35-10-18(3)36(11-17(35)2)28(33-4)21-9-22(30)25(20-7-6-19(31)8-23(20)32)27-26(21)34(16-37)12-29(15-40-27)13-39-14-29/h5-9,16-18H,1,10-15H2,2-4H3/t17-,18+/m1/s1. The number of hydrogen-bond donors (Lipinski definition) is 0. The van der Waals surface area contributed by atoms with E-state index in [0.717, 1.165) is 18.5 Å². The molecule has 8 nitrogen and oxygen atoms in total. The molecular weight excluding hydrogens is 542 g/mol. The number of aliphatic imine (C=N–C) groups is 1. The molecule has 1 spiro atoms. The highest BCUT2D eigenvalue weighted by atomic mass is 35.5. The van der Waals surface area contributed by atoms with Crippen LogP contribution in [0.15, 0.2) is 41.9 Å². The number of amidine groups is 1. The van der Waals surface area contributed by atoms with E-state index in [4.69, 9.17) is 21.1 Å². The summed E-state index contributed by atoms with van der Waals surface area (Å²) in [5, 5.41) is 0.160. The summed E-state index contributed by atoms with van der Waals surface area (Å²) in [6, 6.07) is 4.61. The summed E-state index contributed by atoms with van der Waals surface area (Å²) in [6.07, 6.45) is 2.02. The fraction of sp³-hybridized carbons (Fsp3) is 0.414. The van der Waals surface area contributed by atoms with Crippen LogP contribution in [0.1, 0.15) is 19.4 Å². The Kier molecular flexibility index (Phi) is 7.58. The molecule has 0 aromatic heterocycles. The van der Waals surface area contributed by atoms with Crippen LogP contribution in [0.3, 0.4) is 0 Å². The Morgan fingerprint density at radius 2 is 1.85 bits per heavy atom. The maximum Gasteiger partial charge on any atom is 0.246 e. The van der Waals surface area contributed by atoms with Gasteiger partial charge in [-0.25, -0.2) is 8.78 Å². The largest absolute Gasteiger partial charge is 0.490 e. The molecule has 5 rings (SSSR count). The summed E-state index contributed by atoms with van der Waals surface area (Å²) >= 11 is 6.85. The van der Waals surface area contributed by atoms with E-state index in [1.807, 2.05) is 13.8 Å². The maximum absolute atomic E-state index is 15.1. The van der Waals surface area contributed by atoms with Gasteiger partial charge < -0.3 is 24.2 Å². The number of ether oxygens (including phenoxy) is 2. The number of hydrogen-bond acceptors (Lipinski definition) is 5. The minimum absolute atomic E-state index is 0.0504. The molecule has 0 bridgehead atoms. The predicted octanol–water partition coefficient (Wildman–Crippen LogP) is 4.14. The van der Waals surface area contributed by atoms with Crippen molar-refractivity contribution in [3.63, 3.8) is 0 Å². The molecule has 11 heteroatoms. The minimum atomic E-state index is -0.807. The van der Waals surface area contributed by atoms with Crippen LogP contribution in [0.5, 0.6) is 5.75 Å². The smallest absolute Gasteiger partial charge is 0.246 e. The highest BCUT2D eigenvalue weighted by Crippen LogP contribution is 2.50. The molecule has 0 aliphatic carbocycles. The first-order chi connectivity index (χ1) is 19.1. The van der Waals surface area contributed by atoms with E-state index in [0.29, 0.717) is 49.9 Å². The fourth-order valence-corrected chi connectivity index (χ4v) is 6.07. The molecule has 40 heavy (non-hydrogen) atoms. The number of piperazine rings is 1. The summed E-state index contributed by atoms with van der Waals surface area (Å²) in [7, 11) is 1.64. The van der Waals surface area contributed by atoms with Crippen LogP contribution in [0.2, 0.25) is 5.02 Å². The highest BCUT2D eigenvalue weighted by molar-refractivity contribution is 6.35. The van der Waals surface area contributed by atoms with E-state index in [2.05, 4.69) is 16.5 Å². The Morgan fingerprint density at radius 3 is 2.45 bits per heavy atom. The van der Waals surface area contributed by atoms with Crippen molar-refractivity contribution in [2.24, 2.45) is 10.4 Å². The molecule has 2 fully saturated rings. The molecule has 3 heterocycles. The van der Waals surface area contributed by atoms with E-state index < -0.39 is 17.0 Å². The number of fused-ring (bicyclic) bond motifs is 1. The molecule has 3 aliphatic heterocycles. The molecule has 2 saturated heterocycles. The first kappa shape index (κ1) is 28.0. The number of carbonyl (C=O) groups excluding carboxylic acids is 2. The zero-order chi connectivity index (χ0) is 28.8. The van der Waals surface area contributed by atoms with Crippen LogP contribution < -0.4 is 9.64 Å². The van der Waals surface area contributed by atoms with Gasteiger partial charge in [-0.15, -0.1) is 0 Å². The SMILES string of the molecule is C=CC(=O)N1C[C@H](C)N(C(=NC)c2cc(Cl)c(-c3ccc(F)cc3F)c3c2N(C=O)CC2(COC2)CO3)C[C@H]1C. The number of anilines is 1. The van der Waals surface area contributed by atoms with Gasteiger partial charge in [0.25, 0.3) is 0 Å². The summed E-state index contributed by atoms with van der Waals surface area (Å²) in [4.78, 5) is 35.0. The minimum Gasteiger partial charge on any atom is -0.490 e. The topological polar surface area (TPSA) is 74.7 Å². The molecule has 2 atom stereocenters. The van der Waals surface area contributed by atoms with Crippen LogP contribution >= 0.6 is 11.6 Å². The van der Waals surface area contributed by atoms with E-state index >= 15 is 4.39 Å². The normalized spacial score (nSPS) is 22.2. The lowest BCUT2D eigenvalue weighted by Crippen LogP contribution is -2.59. The summed E-state index contributed by atoms with van der Waals surface area (Å²) in [5.41, 5.74) is 0.756. The zero-order valence-electron chi connectivity index (χ0n) is 22.6. The van der Waals surface area contributed by atoms with Crippen molar-refractivity contribution in [3.05, 3.63) is 59.1 Å². The summed E-state index contributed by atoms with van der Waals surface area (Å²) < 4.78 is 40.7. The molecule has 0 radical (unpaired) electrons.